The molecule has 1 N–H and O–H groups in total. The summed E-state index contributed by atoms with van der Waals surface area (Å²) in [7, 11) is 0. The van der Waals surface area contributed by atoms with Crippen LogP contribution in [0.3, 0.4) is 0 Å². The molecular weight excluding hydrogens is 438 g/mol. The van der Waals surface area contributed by atoms with E-state index in [0.29, 0.717) is 6.61 Å². The molecule has 0 spiro atoms. The molecule has 0 saturated carbocycles. The van der Waals surface area contributed by atoms with Gasteiger partial charge in [-0.1, -0.05) is 97.9 Å². The maximum atomic E-state index is 7.83. The molecule has 2 nitrogen and oxygen atoms in total. The van der Waals surface area contributed by atoms with E-state index >= 15 is 0 Å². The van der Waals surface area contributed by atoms with Crippen molar-refractivity contribution in [3.63, 3.8) is 0 Å². The number of hydrogen-bond acceptors (Lipinski definition) is 2. The standard InChI is InChI=1S/C34H27NO/c1-2-23(21-35)33-22-36-34-18-17-27(20-32(33)34)29-14-8-15-30-28(13-7-16-31(29)30)26-12-6-11-25(19-26)24-9-4-3-5-10-24/h3-21,35H,2,22H2,1H3/b33-23-,35-21?. The Morgan fingerprint density at radius 3 is 2.00 bits per heavy atom. The van der Waals surface area contributed by atoms with Gasteiger partial charge in [0.2, 0.25) is 0 Å². The van der Waals surface area contributed by atoms with Crippen molar-refractivity contribution in [2.45, 2.75) is 13.3 Å². The molecule has 0 saturated heterocycles. The van der Waals surface area contributed by atoms with Crippen LogP contribution in [0.25, 0.3) is 49.7 Å². The molecule has 0 unspecified atom stereocenters. The summed E-state index contributed by atoms with van der Waals surface area (Å²) in [6.45, 7) is 2.63. The molecule has 1 heterocycles. The van der Waals surface area contributed by atoms with E-state index < -0.39 is 0 Å². The van der Waals surface area contributed by atoms with Crippen LogP contribution in [0.5, 0.6) is 5.75 Å². The molecule has 5 aromatic carbocycles. The Kier molecular flexibility index (Phi) is 5.71. The maximum absolute atomic E-state index is 7.83. The van der Waals surface area contributed by atoms with Gasteiger partial charge in [-0.25, -0.2) is 0 Å². The van der Waals surface area contributed by atoms with Crippen molar-refractivity contribution < 1.29 is 4.74 Å². The van der Waals surface area contributed by atoms with E-state index in [0.717, 1.165) is 34.4 Å². The van der Waals surface area contributed by atoms with E-state index in [4.69, 9.17) is 10.1 Å². The first-order valence-electron chi connectivity index (χ1n) is 12.4. The van der Waals surface area contributed by atoms with E-state index in [1.54, 1.807) is 0 Å². The van der Waals surface area contributed by atoms with Crippen molar-refractivity contribution in [1.29, 1.82) is 5.41 Å². The molecule has 1 aliphatic heterocycles. The van der Waals surface area contributed by atoms with Gasteiger partial charge in [0.15, 0.2) is 0 Å². The van der Waals surface area contributed by atoms with Gasteiger partial charge in [0.1, 0.15) is 12.4 Å². The fourth-order valence-electron chi connectivity index (χ4n) is 5.27. The average Bonchev–Trinajstić information content (AvgIpc) is 3.37. The number of allylic oxidation sites excluding steroid dienone is 1. The summed E-state index contributed by atoms with van der Waals surface area (Å²) in [6, 6.07) is 38.9. The highest BCUT2D eigenvalue weighted by atomic mass is 16.5. The van der Waals surface area contributed by atoms with Crippen LogP contribution in [0.1, 0.15) is 18.9 Å². The maximum Gasteiger partial charge on any atom is 0.127 e. The van der Waals surface area contributed by atoms with Gasteiger partial charge in [-0.15, -0.1) is 0 Å². The minimum absolute atomic E-state index is 0.536. The van der Waals surface area contributed by atoms with Gasteiger partial charge in [0.05, 0.1) is 0 Å². The lowest BCUT2D eigenvalue weighted by Crippen LogP contribution is -1.94. The first-order valence-corrected chi connectivity index (χ1v) is 12.4. The number of nitrogens with one attached hydrogen (secondary N) is 1. The Morgan fingerprint density at radius 1 is 0.667 bits per heavy atom. The Balaban J connectivity index is 1.48. The average molecular weight is 466 g/mol. The molecule has 174 valence electrons. The largest absolute Gasteiger partial charge is 0.488 e. The number of rotatable bonds is 5. The molecule has 0 fully saturated rings. The van der Waals surface area contributed by atoms with Gasteiger partial charge in [0.25, 0.3) is 0 Å². The number of fused-ring (bicyclic) bond motifs is 2. The summed E-state index contributed by atoms with van der Waals surface area (Å²) in [4.78, 5) is 0. The quantitative estimate of drug-likeness (QED) is 0.258. The third-order valence-electron chi connectivity index (χ3n) is 7.13. The number of benzene rings is 5. The first kappa shape index (κ1) is 22.1. The Morgan fingerprint density at radius 2 is 1.31 bits per heavy atom. The SMILES string of the molecule is CC/C(C=N)=C1\COc2ccc(-c3cccc4c(-c5cccc(-c6ccccc6)c5)cccc34)cc21. The van der Waals surface area contributed by atoms with Gasteiger partial charge in [-0.05, 0) is 74.3 Å². The predicted molar refractivity (Wildman–Crippen MR) is 152 cm³/mol. The second-order valence-electron chi connectivity index (χ2n) is 9.15. The van der Waals surface area contributed by atoms with Crippen LogP contribution in [0.4, 0.5) is 0 Å². The van der Waals surface area contributed by atoms with Crippen LogP contribution < -0.4 is 4.74 Å². The van der Waals surface area contributed by atoms with Gasteiger partial charge >= 0.3 is 0 Å². The molecule has 1 aliphatic rings. The second-order valence-corrected chi connectivity index (χ2v) is 9.15. The van der Waals surface area contributed by atoms with Gasteiger partial charge in [-0.2, -0.15) is 0 Å². The van der Waals surface area contributed by atoms with E-state index in [9.17, 15) is 0 Å². The Hall–Kier alpha value is -4.43. The molecular formula is C34H27NO. The molecule has 0 aromatic heterocycles. The molecule has 2 heteroatoms. The van der Waals surface area contributed by atoms with Crippen molar-refractivity contribution in [2.75, 3.05) is 6.61 Å². The summed E-state index contributed by atoms with van der Waals surface area (Å²) in [5, 5.41) is 10.3. The highest BCUT2D eigenvalue weighted by Gasteiger charge is 2.21. The molecule has 36 heavy (non-hydrogen) atoms. The normalized spacial score (nSPS) is 13.8. The molecule has 0 bridgehead atoms. The third kappa shape index (κ3) is 3.81. The van der Waals surface area contributed by atoms with Gasteiger partial charge in [0, 0.05) is 17.4 Å². The lowest BCUT2D eigenvalue weighted by molar-refractivity contribution is 0.388. The Labute approximate surface area is 212 Å². The Bertz CT molecular complexity index is 1630. The second kappa shape index (κ2) is 9.31. The lowest BCUT2D eigenvalue weighted by atomic mass is 9.90. The van der Waals surface area contributed by atoms with Crippen LogP contribution in [0.15, 0.2) is 115 Å². The van der Waals surface area contributed by atoms with Crippen LogP contribution in [-0.2, 0) is 0 Å². The van der Waals surface area contributed by atoms with Crippen molar-refractivity contribution in [3.05, 3.63) is 120 Å². The fraction of sp³-hybridized carbons (Fsp3) is 0.0882. The minimum Gasteiger partial charge on any atom is -0.488 e. The van der Waals surface area contributed by atoms with Crippen LogP contribution in [-0.4, -0.2) is 12.8 Å². The lowest BCUT2D eigenvalue weighted by Gasteiger charge is -2.13. The van der Waals surface area contributed by atoms with Crippen molar-refractivity contribution in [2.24, 2.45) is 0 Å². The number of ether oxygens (including phenoxy) is 1. The first-order chi connectivity index (χ1) is 17.8. The monoisotopic (exact) mass is 465 g/mol. The van der Waals surface area contributed by atoms with Crippen molar-refractivity contribution in [3.8, 4) is 39.1 Å². The molecule has 0 aliphatic carbocycles. The highest BCUT2D eigenvalue weighted by molar-refractivity contribution is 6.05. The van der Waals surface area contributed by atoms with E-state index in [1.807, 2.05) is 0 Å². The van der Waals surface area contributed by atoms with Gasteiger partial charge < -0.3 is 10.1 Å². The zero-order valence-electron chi connectivity index (χ0n) is 20.3. The van der Waals surface area contributed by atoms with Crippen LogP contribution >= 0.6 is 0 Å². The molecule has 0 radical (unpaired) electrons. The number of hydrogen-bond donors (Lipinski definition) is 1. The summed E-state index contributed by atoms with van der Waals surface area (Å²) < 4.78 is 5.94. The topological polar surface area (TPSA) is 33.1 Å². The third-order valence-corrected chi connectivity index (χ3v) is 7.13. The fourth-order valence-corrected chi connectivity index (χ4v) is 5.27. The smallest absolute Gasteiger partial charge is 0.127 e. The molecule has 0 amide bonds. The van der Waals surface area contributed by atoms with E-state index in [-0.39, 0.29) is 0 Å². The van der Waals surface area contributed by atoms with Crippen molar-refractivity contribution in [1.82, 2.24) is 0 Å². The molecule has 0 atom stereocenters. The van der Waals surface area contributed by atoms with Crippen LogP contribution in [0, 0.1) is 5.41 Å². The minimum atomic E-state index is 0.536. The molecule has 6 rings (SSSR count). The van der Waals surface area contributed by atoms with E-state index in [2.05, 4.69) is 116 Å². The summed E-state index contributed by atoms with van der Waals surface area (Å²) in [6.07, 6.45) is 2.29. The van der Waals surface area contributed by atoms with Crippen molar-refractivity contribution >= 4 is 22.6 Å². The summed E-state index contributed by atoms with van der Waals surface area (Å²) >= 11 is 0. The zero-order chi connectivity index (χ0) is 24.5. The molecule has 5 aromatic rings. The van der Waals surface area contributed by atoms with Gasteiger partial charge in [-0.3, -0.25) is 0 Å². The predicted octanol–water partition coefficient (Wildman–Crippen LogP) is 9.05. The van der Waals surface area contributed by atoms with E-state index in [1.165, 1.54) is 44.8 Å². The zero-order valence-corrected chi connectivity index (χ0v) is 20.3. The summed E-state index contributed by atoms with van der Waals surface area (Å²) in [5.74, 6) is 0.903. The summed E-state index contributed by atoms with van der Waals surface area (Å²) in [5.41, 5.74) is 10.5. The van der Waals surface area contributed by atoms with Crippen LogP contribution in [0.2, 0.25) is 0 Å². The highest BCUT2D eigenvalue weighted by Crippen LogP contribution is 2.41.